The van der Waals surface area contributed by atoms with Gasteiger partial charge in [-0.2, -0.15) is 0 Å². The summed E-state index contributed by atoms with van der Waals surface area (Å²) in [6.07, 6.45) is 0.455. The lowest BCUT2D eigenvalue weighted by molar-refractivity contribution is -0.144. The number of rotatable bonds is 7. The molecule has 0 bridgehead atoms. The maximum Gasteiger partial charge on any atom is 0.338 e. The van der Waals surface area contributed by atoms with Crippen LogP contribution in [0.2, 0.25) is 0 Å². The summed E-state index contributed by atoms with van der Waals surface area (Å²) in [5.74, 6) is 0.356. The zero-order chi connectivity index (χ0) is 25.0. The Morgan fingerprint density at radius 2 is 1.54 bits per heavy atom. The van der Waals surface area contributed by atoms with E-state index in [1.807, 2.05) is 75.4 Å². The SMILES string of the molecule is CCOC(=O)C(Cc1ccc(C(=O)OC(C)(C)C)cc1)c1ccc(-c2ccc3c(c2)OCO3)cc1. The summed E-state index contributed by atoms with van der Waals surface area (Å²) in [5.41, 5.74) is 3.73. The molecule has 1 aliphatic heterocycles. The van der Waals surface area contributed by atoms with Crippen LogP contribution in [0, 0.1) is 0 Å². The Balaban J connectivity index is 1.52. The molecule has 1 atom stereocenters. The lowest BCUT2D eigenvalue weighted by atomic mass is 9.90. The summed E-state index contributed by atoms with van der Waals surface area (Å²) in [6, 6.07) is 20.9. The molecule has 6 nitrogen and oxygen atoms in total. The van der Waals surface area contributed by atoms with Gasteiger partial charge in [0.25, 0.3) is 0 Å². The van der Waals surface area contributed by atoms with Gasteiger partial charge in [0.05, 0.1) is 18.1 Å². The fraction of sp³-hybridized carbons (Fsp3) is 0.310. The largest absolute Gasteiger partial charge is 0.466 e. The van der Waals surface area contributed by atoms with E-state index < -0.39 is 11.5 Å². The first-order chi connectivity index (χ1) is 16.7. The van der Waals surface area contributed by atoms with E-state index in [-0.39, 0.29) is 18.7 Å². The Morgan fingerprint density at radius 1 is 0.886 bits per heavy atom. The maximum absolute atomic E-state index is 12.8. The first-order valence-electron chi connectivity index (χ1n) is 11.7. The van der Waals surface area contributed by atoms with Crippen LogP contribution in [0.25, 0.3) is 11.1 Å². The van der Waals surface area contributed by atoms with Crippen LogP contribution in [0.3, 0.4) is 0 Å². The number of fused-ring (bicyclic) bond motifs is 1. The van der Waals surface area contributed by atoms with Gasteiger partial charge >= 0.3 is 11.9 Å². The quantitative estimate of drug-likeness (QED) is 0.396. The van der Waals surface area contributed by atoms with E-state index in [1.165, 1.54) is 0 Å². The highest BCUT2D eigenvalue weighted by Crippen LogP contribution is 2.36. The van der Waals surface area contributed by atoms with Crippen molar-refractivity contribution in [3.05, 3.63) is 83.4 Å². The van der Waals surface area contributed by atoms with Crippen molar-refractivity contribution < 1.29 is 28.5 Å². The van der Waals surface area contributed by atoms with Gasteiger partial charge in [0.15, 0.2) is 11.5 Å². The highest BCUT2D eigenvalue weighted by molar-refractivity contribution is 5.89. The predicted octanol–water partition coefficient (Wildman–Crippen LogP) is 5.93. The molecule has 0 N–H and O–H groups in total. The van der Waals surface area contributed by atoms with Gasteiger partial charge in [0, 0.05) is 0 Å². The summed E-state index contributed by atoms with van der Waals surface area (Å²) in [4.78, 5) is 25.1. The second-order valence-corrected chi connectivity index (χ2v) is 9.40. The van der Waals surface area contributed by atoms with Crippen LogP contribution in [0.1, 0.15) is 55.1 Å². The van der Waals surface area contributed by atoms with Crippen LogP contribution in [0.5, 0.6) is 11.5 Å². The smallest absolute Gasteiger partial charge is 0.338 e. The van der Waals surface area contributed by atoms with E-state index in [0.717, 1.165) is 33.8 Å². The van der Waals surface area contributed by atoms with Gasteiger partial charge in [-0.3, -0.25) is 4.79 Å². The minimum Gasteiger partial charge on any atom is -0.466 e. The molecule has 0 aliphatic carbocycles. The second-order valence-electron chi connectivity index (χ2n) is 9.40. The number of ether oxygens (including phenoxy) is 4. The lowest BCUT2D eigenvalue weighted by Crippen LogP contribution is -2.23. The molecule has 6 heteroatoms. The van der Waals surface area contributed by atoms with Gasteiger partial charge in [0.1, 0.15) is 5.60 Å². The van der Waals surface area contributed by atoms with Gasteiger partial charge < -0.3 is 18.9 Å². The van der Waals surface area contributed by atoms with Gasteiger partial charge in [0.2, 0.25) is 6.79 Å². The molecule has 3 aromatic rings. The molecule has 3 aromatic carbocycles. The standard InChI is InChI=1S/C29H30O6/c1-5-32-28(31)24(16-19-6-8-22(9-7-19)27(30)35-29(2,3)4)21-12-10-20(11-13-21)23-14-15-25-26(17-23)34-18-33-25/h6-15,17,24H,5,16,18H2,1-4H3. The number of hydrogen-bond acceptors (Lipinski definition) is 6. The molecular formula is C29H30O6. The van der Waals surface area contributed by atoms with Crippen molar-refractivity contribution in [1.29, 1.82) is 0 Å². The molecule has 0 amide bonds. The van der Waals surface area contributed by atoms with Crippen LogP contribution < -0.4 is 9.47 Å². The maximum atomic E-state index is 12.8. The molecule has 1 unspecified atom stereocenters. The van der Waals surface area contributed by atoms with E-state index in [9.17, 15) is 9.59 Å². The Bertz CT molecular complexity index is 1190. The molecule has 0 saturated heterocycles. The topological polar surface area (TPSA) is 71.1 Å². The molecular weight excluding hydrogens is 444 g/mol. The van der Waals surface area contributed by atoms with Crippen LogP contribution in [-0.2, 0) is 20.7 Å². The molecule has 1 heterocycles. The van der Waals surface area contributed by atoms with Crippen LogP contribution in [0.4, 0.5) is 0 Å². The minimum atomic E-state index is -0.558. The van der Waals surface area contributed by atoms with E-state index in [0.29, 0.717) is 18.6 Å². The van der Waals surface area contributed by atoms with E-state index >= 15 is 0 Å². The van der Waals surface area contributed by atoms with Crippen molar-refractivity contribution in [2.24, 2.45) is 0 Å². The Labute approximate surface area is 205 Å². The third kappa shape index (κ3) is 6.01. The van der Waals surface area contributed by atoms with Gasteiger partial charge in [-0.25, -0.2) is 4.79 Å². The molecule has 0 radical (unpaired) electrons. The average molecular weight is 475 g/mol. The lowest BCUT2D eigenvalue weighted by Gasteiger charge is -2.20. The van der Waals surface area contributed by atoms with Crippen molar-refractivity contribution in [3.8, 4) is 22.6 Å². The van der Waals surface area contributed by atoms with Gasteiger partial charge in [-0.15, -0.1) is 0 Å². The molecule has 0 saturated carbocycles. The molecule has 0 aromatic heterocycles. The second kappa shape index (κ2) is 10.2. The molecule has 1 aliphatic rings. The van der Waals surface area contributed by atoms with E-state index in [1.54, 1.807) is 19.1 Å². The van der Waals surface area contributed by atoms with Crippen molar-refractivity contribution in [2.75, 3.05) is 13.4 Å². The van der Waals surface area contributed by atoms with Gasteiger partial charge in [-0.1, -0.05) is 42.5 Å². The number of esters is 2. The third-order valence-electron chi connectivity index (χ3n) is 5.62. The average Bonchev–Trinajstić information content (AvgIpc) is 3.30. The van der Waals surface area contributed by atoms with Gasteiger partial charge in [-0.05, 0) is 80.6 Å². The fourth-order valence-corrected chi connectivity index (χ4v) is 3.91. The third-order valence-corrected chi connectivity index (χ3v) is 5.62. The van der Waals surface area contributed by atoms with Crippen LogP contribution in [0.15, 0.2) is 66.7 Å². The Hall–Kier alpha value is -3.80. The van der Waals surface area contributed by atoms with Crippen LogP contribution in [-0.4, -0.2) is 30.9 Å². The number of hydrogen-bond donors (Lipinski definition) is 0. The zero-order valence-corrected chi connectivity index (χ0v) is 20.5. The summed E-state index contributed by atoms with van der Waals surface area (Å²) in [6.45, 7) is 7.84. The van der Waals surface area contributed by atoms with Crippen molar-refractivity contribution in [3.63, 3.8) is 0 Å². The molecule has 4 rings (SSSR count). The minimum absolute atomic E-state index is 0.234. The number of benzene rings is 3. The van der Waals surface area contributed by atoms with Crippen molar-refractivity contribution >= 4 is 11.9 Å². The fourth-order valence-electron chi connectivity index (χ4n) is 3.91. The normalized spacial score (nSPS) is 13.3. The highest BCUT2D eigenvalue weighted by Gasteiger charge is 2.24. The molecule has 0 fully saturated rings. The van der Waals surface area contributed by atoms with Crippen LogP contribution >= 0.6 is 0 Å². The number of carbonyl (C=O) groups excluding carboxylic acids is 2. The first-order valence-corrected chi connectivity index (χ1v) is 11.7. The monoisotopic (exact) mass is 474 g/mol. The molecule has 35 heavy (non-hydrogen) atoms. The predicted molar refractivity (Wildman–Crippen MR) is 133 cm³/mol. The Morgan fingerprint density at radius 3 is 2.20 bits per heavy atom. The summed E-state index contributed by atoms with van der Waals surface area (Å²) in [7, 11) is 0. The summed E-state index contributed by atoms with van der Waals surface area (Å²) in [5, 5.41) is 0. The summed E-state index contributed by atoms with van der Waals surface area (Å²) < 4.78 is 21.7. The van der Waals surface area contributed by atoms with Crippen molar-refractivity contribution in [1.82, 2.24) is 0 Å². The highest BCUT2D eigenvalue weighted by atomic mass is 16.7. The molecule has 182 valence electrons. The molecule has 0 spiro atoms. The van der Waals surface area contributed by atoms with Crippen molar-refractivity contribution in [2.45, 2.75) is 45.6 Å². The number of carbonyl (C=O) groups is 2. The zero-order valence-electron chi connectivity index (χ0n) is 20.5. The summed E-state index contributed by atoms with van der Waals surface area (Å²) >= 11 is 0. The van der Waals surface area contributed by atoms with E-state index in [2.05, 4.69) is 0 Å². The first kappa shape index (κ1) is 24.3. The van der Waals surface area contributed by atoms with E-state index in [4.69, 9.17) is 18.9 Å². The Kier molecular flexibility index (Phi) is 7.10.